The van der Waals surface area contributed by atoms with Crippen molar-refractivity contribution < 1.29 is 9.53 Å². The molecular weight excluding hydrogens is 541 g/mol. The van der Waals surface area contributed by atoms with Crippen molar-refractivity contribution in [3.63, 3.8) is 0 Å². The van der Waals surface area contributed by atoms with Gasteiger partial charge in [0.25, 0.3) is 0 Å². The Labute approximate surface area is 236 Å². The van der Waals surface area contributed by atoms with E-state index in [1.54, 1.807) is 26.3 Å². The number of ether oxygens (including phenoxy) is 1. The summed E-state index contributed by atoms with van der Waals surface area (Å²) in [5, 5.41) is 7.98. The van der Waals surface area contributed by atoms with Gasteiger partial charge < -0.3 is 24.8 Å². The average molecular weight is 567 g/mol. The molecule has 2 N–H and O–H groups in total. The highest BCUT2D eigenvalue weighted by Crippen LogP contribution is 2.44. The Hall–Kier alpha value is -3.59. The molecule has 2 atom stereocenters. The van der Waals surface area contributed by atoms with Gasteiger partial charge in [-0.15, -0.1) is 0 Å². The standard InChI is InChI=1S/C28H25Cl2N5O2S/c1-3-25(36)32-20-11-10-18(16-24(20)37-2)35-27(26(33-28(35)38)21-7-4-5-13-31-21)23-8-6-14-34(23)22-12-9-17(29)15-19(22)30/h4-16,26-27H,3H2,1-2H3,(H,32,36)(H,33,38)/t26-,27+/m0/s1. The molecule has 194 valence electrons. The number of methoxy groups -OCH3 is 1. The fraction of sp³-hybridized carbons (Fsp3) is 0.179. The van der Waals surface area contributed by atoms with Gasteiger partial charge in [0.15, 0.2) is 5.11 Å². The van der Waals surface area contributed by atoms with Crippen LogP contribution in [0.2, 0.25) is 10.0 Å². The highest BCUT2D eigenvalue weighted by molar-refractivity contribution is 7.80. The molecule has 0 radical (unpaired) electrons. The molecule has 0 aliphatic carbocycles. The lowest BCUT2D eigenvalue weighted by Gasteiger charge is -2.29. The zero-order valence-corrected chi connectivity index (χ0v) is 23.0. The molecule has 5 rings (SSSR count). The van der Waals surface area contributed by atoms with Gasteiger partial charge in [-0.25, -0.2) is 0 Å². The summed E-state index contributed by atoms with van der Waals surface area (Å²) in [6.45, 7) is 1.80. The average Bonchev–Trinajstić information content (AvgIpc) is 3.53. The molecule has 1 amide bonds. The normalized spacial score (nSPS) is 16.8. The van der Waals surface area contributed by atoms with Crippen LogP contribution in [0.25, 0.3) is 5.69 Å². The Morgan fingerprint density at radius 1 is 1.13 bits per heavy atom. The Balaban J connectivity index is 1.64. The summed E-state index contributed by atoms with van der Waals surface area (Å²) in [7, 11) is 1.57. The lowest BCUT2D eigenvalue weighted by molar-refractivity contribution is -0.115. The molecular formula is C28H25Cl2N5O2S. The number of hydrogen-bond donors (Lipinski definition) is 2. The summed E-state index contributed by atoms with van der Waals surface area (Å²) < 4.78 is 7.67. The number of halogens is 2. The lowest BCUT2D eigenvalue weighted by atomic mass is 10.0. The van der Waals surface area contributed by atoms with Gasteiger partial charge in [0, 0.05) is 41.3 Å². The molecule has 1 fully saturated rings. The van der Waals surface area contributed by atoms with Gasteiger partial charge in [-0.05, 0) is 66.8 Å². The SMILES string of the molecule is CCC(=O)Nc1ccc(N2C(=S)N[C@@H](c3ccccn3)[C@H]2c2cccn2-c2ccc(Cl)cc2Cl)cc1OC. The van der Waals surface area contributed by atoms with E-state index in [1.807, 2.05) is 76.3 Å². The second-order valence-corrected chi connectivity index (χ2v) is 9.91. The van der Waals surface area contributed by atoms with Crippen molar-refractivity contribution in [2.24, 2.45) is 0 Å². The summed E-state index contributed by atoms with van der Waals surface area (Å²) in [5.41, 5.74) is 3.97. The van der Waals surface area contributed by atoms with Gasteiger partial charge in [0.05, 0.1) is 35.2 Å². The molecule has 1 aliphatic heterocycles. The number of hydrogen-bond acceptors (Lipinski definition) is 4. The van der Waals surface area contributed by atoms with E-state index in [0.29, 0.717) is 33.0 Å². The van der Waals surface area contributed by atoms with Crippen LogP contribution < -0.4 is 20.3 Å². The minimum absolute atomic E-state index is 0.0971. The molecule has 1 aliphatic rings. The number of rotatable bonds is 7. The van der Waals surface area contributed by atoms with Crippen LogP contribution in [0, 0.1) is 0 Å². The van der Waals surface area contributed by atoms with E-state index in [4.69, 9.17) is 40.2 Å². The van der Waals surface area contributed by atoms with E-state index in [-0.39, 0.29) is 18.0 Å². The number of nitrogens with zero attached hydrogens (tertiary/aromatic N) is 3. The first-order valence-corrected chi connectivity index (χ1v) is 13.2. The fourth-order valence-electron chi connectivity index (χ4n) is 4.64. The van der Waals surface area contributed by atoms with Crippen LogP contribution >= 0.6 is 35.4 Å². The van der Waals surface area contributed by atoms with Gasteiger partial charge in [-0.2, -0.15) is 0 Å². The summed E-state index contributed by atoms with van der Waals surface area (Å²) in [5.74, 6) is 0.434. The second-order valence-electron chi connectivity index (χ2n) is 8.68. The fourth-order valence-corrected chi connectivity index (χ4v) is 5.48. The maximum atomic E-state index is 12.0. The molecule has 3 heterocycles. The summed E-state index contributed by atoms with van der Waals surface area (Å²) in [6, 6.07) is 20.3. The van der Waals surface area contributed by atoms with Crippen LogP contribution in [0.4, 0.5) is 11.4 Å². The van der Waals surface area contributed by atoms with Crippen LogP contribution in [0.5, 0.6) is 5.75 Å². The molecule has 1 saturated heterocycles. The van der Waals surface area contributed by atoms with E-state index in [9.17, 15) is 4.79 Å². The number of anilines is 2. The predicted octanol–water partition coefficient (Wildman–Crippen LogP) is 6.71. The van der Waals surface area contributed by atoms with Crippen molar-refractivity contribution in [3.8, 4) is 11.4 Å². The Bertz CT molecular complexity index is 1490. The quantitative estimate of drug-likeness (QED) is 0.242. The lowest BCUT2D eigenvalue weighted by Crippen LogP contribution is -2.30. The van der Waals surface area contributed by atoms with E-state index in [0.717, 1.165) is 22.8 Å². The first-order chi connectivity index (χ1) is 18.4. The number of carbonyl (C=O) groups is 1. The monoisotopic (exact) mass is 565 g/mol. The zero-order valence-electron chi connectivity index (χ0n) is 20.7. The van der Waals surface area contributed by atoms with Gasteiger partial charge in [-0.1, -0.05) is 36.2 Å². The Morgan fingerprint density at radius 3 is 2.68 bits per heavy atom. The molecule has 2 aromatic heterocycles. The smallest absolute Gasteiger partial charge is 0.224 e. The largest absolute Gasteiger partial charge is 0.494 e. The van der Waals surface area contributed by atoms with Crippen molar-refractivity contribution in [3.05, 3.63) is 101 Å². The third-order valence-corrected chi connectivity index (χ3v) is 7.26. The van der Waals surface area contributed by atoms with Crippen molar-refractivity contribution in [1.82, 2.24) is 14.9 Å². The third kappa shape index (κ3) is 4.95. The van der Waals surface area contributed by atoms with Crippen LogP contribution in [0.15, 0.2) is 79.1 Å². The van der Waals surface area contributed by atoms with E-state index < -0.39 is 0 Å². The number of amides is 1. The highest BCUT2D eigenvalue weighted by atomic mass is 35.5. The number of benzene rings is 2. The van der Waals surface area contributed by atoms with Crippen molar-refractivity contribution in [2.75, 3.05) is 17.3 Å². The van der Waals surface area contributed by atoms with Crippen LogP contribution in [0.1, 0.15) is 36.8 Å². The Kier molecular flexibility index (Phi) is 7.56. The molecule has 10 heteroatoms. The maximum Gasteiger partial charge on any atom is 0.224 e. The summed E-state index contributed by atoms with van der Waals surface area (Å²) >= 11 is 18.7. The first-order valence-electron chi connectivity index (χ1n) is 12.0. The molecule has 0 spiro atoms. The topological polar surface area (TPSA) is 71.4 Å². The van der Waals surface area contributed by atoms with Gasteiger partial charge in [-0.3, -0.25) is 9.78 Å². The van der Waals surface area contributed by atoms with Crippen LogP contribution in [-0.4, -0.2) is 27.7 Å². The molecule has 4 aromatic rings. The number of thiocarbonyl (C=S) groups is 1. The number of nitrogens with one attached hydrogen (secondary N) is 2. The minimum atomic E-state index is -0.292. The van der Waals surface area contributed by atoms with E-state index in [2.05, 4.69) is 15.6 Å². The number of carbonyl (C=O) groups excluding carboxylic acids is 1. The van der Waals surface area contributed by atoms with Crippen LogP contribution in [-0.2, 0) is 4.79 Å². The number of pyridine rings is 1. The molecule has 0 unspecified atom stereocenters. The van der Waals surface area contributed by atoms with Gasteiger partial charge >= 0.3 is 0 Å². The summed E-state index contributed by atoms with van der Waals surface area (Å²) in [6.07, 6.45) is 4.09. The van der Waals surface area contributed by atoms with E-state index >= 15 is 0 Å². The molecule has 0 bridgehead atoms. The second kappa shape index (κ2) is 11.0. The molecule has 7 nitrogen and oxygen atoms in total. The maximum absolute atomic E-state index is 12.0. The van der Waals surface area contributed by atoms with Gasteiger partial charge in [0.2, 0.25) is 5.91 Å². The predicted molar refractivity (Wildman–Crippen MR) is 156 cm³/mol. The third-order valence-electron chi connectivity index (χ3n) is 6.41. The van der Waals surface area contributed by atoms with E-state index in [1.165, 1.54) is 0 Å². The van der Waals surface area contributed by atoms with Crippen molar-refractivity contribution in [1.29, 1.82) is 0 Å². The molecule has 2 aromatic carbocycles. The molecule has 0 saturated carbocycles. The van der Waals surface area contributed by atoms with Crippen molar-refractivity contribution in [2.45, 2.75) is 25.4 Å². The van der Waals surface area contributed by atoms with Crippen molar-refractivity contribution >= 4 is 57.8 Å². The minimum Gasteiger partial charge on any atom is -0.494 e. The number of aromatic nitrogens is 2. The Morgan fingerprint density at radius 2 is 1.97 bits per heavy atom. The van der Waals surface area contributed by atoms with Crippen LogP contribution in [0.3, 0.4) is 0 Å². The zero-order chi connectivity index (χ0) is 26.8. The van der Waals surface area contributed by atoms with Gasteiger partial charge in [0.1, 0.15) is 11.8 Å². The molecule has 38 heavy (non-hydrogen) atoms. The summed E-state index contributed by atoms with van der Waals surface area (Å²) in [4.78, 5) is 18.7. The highest BCUT2D eigenvalue weighted by Gasteiger charge is 2.42. The first kappa shape index (κ1) is 26.0.